The van der Waals surface area contributed by atoms with Crippen LogP contribution < -0.4 is 10.3 Å². The summed E-state index contributed by atoms with van der Waals surface area (Å²) >= 11 is 1.30. The maximum atomic E-state index is 13.5. The smallest absolute Gasteiger partial charge is 0.266 e. The number of hydrogen-bond donors (Lipinski definition) is 0. The molecule has 3 aromatic carbocycles. The van der Waals surface area contributed by atoms with Gasteiger partial charge < -0.3 is 9.64 Å². The number of methoxy groups -OCH3 is 1. The van der Waals surface area contributed by atoms with Gasteiger partial charge in [-0.1, -0.05) is 54.2 Å². The number of para-hydroxylation sites is 1. The quantitative estimate of drug-likeness (QED) is 0.268. The van der Waals surface area contributed by atoms with Crippen LogP contribution in [-0.2, 0) is 11.3 Å². The van der Waals surface area contributed by atoms with E-state index in [9.17, 15) is 9.59 Å². The minimum Gasteiger partial charge on any atom is -0.497 e. The Hall–Kier alpha value is -3.58. The number of rotatable bonds is 8. The van der Waals surface area contributed by atoms with Gasteiger partial charge in [0.2, 0.25) is 5.91 Å². The van der Waals surface area contributed by atoms with Crippen molar-refractivity contribution < 1.29 is 9.53 Å². The summed E-state index contributed by atoms with van der Waals surface area (Å²) in [6, 6.07) is 24.4. The minimum atomic E-state index is -0.429. The third-order valence-corrected chi connectivity index (χ3v) is 6.66. The molecule has 0 N–H and O–H groups in total. The molecular weight excluding hydrogens is 446 g/mol. The van der Waals surface area contributed by atoms with Crippen LogP contribution in [0.15, 0.2) is 88.8 Å². The first-order valence-corrected chi connectivity index (χ1v) is 12.1. The lowest BCUT2D eigenvalue weighted by Gasteiger charge is -2.25. The van der Waals surface area contributed by atoms with Crippen LogP contribution >= 0.6 is 11.8 Å². The van der Waals surface area contributed by atoms with Gasteiger partial charge in [0.15, 0.2) is 5.16 Å². The standard InChI is InChI=1S/C27H27N3O3S/c1-4-29(18-20-10-6-5-7-11-20)25(31)19(2)34-27-28-24-13-9-8-12-23(24)26(32)30(27)21-14-16-22(33-3)17-15-21/h5-17,19H,4,18H2,1-3H3. The van der Waals surface area contributed by atoms with Crippen molar-refractivity contribution in [3.8, 4) is 11.4 Å². The number of ether oxygens (including phenoxy) is 1. The predicted octanol–water partition coefficient (Wildman–Crippen LogP) is 4.92. The van der Waals surface area contributed by atoms with E-state index in [-0.39, 0.29) is 11.5 Å². The van der Waals surface area contributed by atoms with Crippen LogP contribution in [0.1, 0.15) is 19.4 Å². The first-order valence-electron chi connectivity index (χ1n) is 11.2. The van der Waals surface area contributed by atoms with Gasteiger partial charge in [-0.3, -0.25) is 14.2 Å². The van der Waals surface area contributed by atoms with E-state index < -0.39 is 5.25 Å². The number of hydrogen-bond acceptors (Lipinski definition) is 5. The van der Waals surface area contributed by atoms with E-state index in [0.29, 0.717) is 40.6 Å². The first-order chi connectivity index (χ1) is 16.5. The molecule has 0 fully saturated rings. The summed E-state index contributed by atoms with van der Waals surface area (Å²) in [4.78, 5) is 33.4. The molecule has 6 nitrogen and oxygen atoms in total. The molecule has 4 rings (SSSR count). The van der Waals surface area contributed by atoms with Gasteiger partial charge in [-0.15, -0.1) is 0 Å². The molecule has 0 saturated heterocycles. The van der Waals surface area contributed by atoms with Crippen LogP contribution in [0, 0.1) is 0 Å². The molecule has 174 valence electrons. The van der Waals surface area contributed by atoms with E-state index in [1.165, 1.54) is 11.8 Å². The average Bonchev–Trinajstić information content (AvgIpc) is 2.88. The fourth-order valence-corrected chi connectivity index (χ4v) is 4.78. The van der Waals surface area contributed by atoms with E-state index in [4.69, 9.17) is 9.72 Å². The van der Waals surface area contributed by atoms with E-state index in [0.717, 1.165) is 5.56 Å². The summed E-state index contributed by atoms with van der Waals surface area (Å²) in [6.45, 7) is 4.96. The lowest BCUT2D eigenvalue weighted by molar-refractivity contribution is -0.130. The molecule has 1 amide bonds. The van der Waals surface area contributed by atoms with E-state index in [1.807, 2.05) is 79.4 Å². The molecule has 1 unspecified atom stereocenters. The molecule has 34 heavy (non-hydrogen) atoms. The molecule has 1 heterocycles. The molecule has 0 aliphatic carbocycles. The topological polar surface area (TPSA) is 64.4 Å². The fraction of sp³-hybridized carbons (Fsp3) is 0.222. The maximum absolute atomic E-state index is 13.5. The number of benzene rings is 3. The zero-order chi connectivity index (χ0) is 24.1. The van der Waals surface area contributed by atoms with Crippen LogP contribution in [0.3, 0.4) is 0 Å². The maximum Gasteiger partial charge on any atom is 0.266 e. The highest BCUT2D eigenvalue weighted by Gasteiger charge is 2.24. The normalized spacial score (nSPS) is 11.9. The average molecular weight is 474 g/mol. The molecule has 0 aliphatic heterocycles. The van der Waals surface area contributed by atoms with Gasteiger partial charge in [0.25, 0.3) is 5.56 Å². The molecule has 0 spiro atoms. The minimum absolute atomic E-state index is 0.0000385. The summed E-state index contributed by atoms with van der Waals surface area (Å²) in [5.41, 5.74) is 2.18. The second-order valence-electron chi connectivity index (χ2n) is 7.85. The molecule has 1 aromatic heterocycles. The largest absolute Gasteiger partial charge is 0.497 e. The summed E-state index contributed by atoms with van der Waals surface area (Å²) in [6.07, 6.45) is 0. The number of amides is 1. The van der Waals surface area contributed by atoms with Gasteiger partial charge >= 0.3 is 0 Å². The fourth-order valence-electron chi connectivity index (χ4n) is 3.77. The monoisotopic (exact) mass is 473 g/mol. The van der Waals surface area contributed by atoms with Crippen molar-refractivity contribution in [2.24, 2.45) is 0 Å². The van der Waals surface area contributed by atoms with E-state index in [1.54, 1.807) is 29.9 Å². The van der Waals surface area contributed by atoms with Gasteiger partial charge in [-0.2, -0.15) is 0 Å². The number of carbonyl (C=O) groups excluding carboxylic acids is 1. The van der Waals surface area contributed by atoms with Crippen molar-refractivity contribution in [1.29, 1.82) is 0 Å². The van der Waals surface area contributed by atoms with Gasteiger partial charge in [0.05, 0.1) is 29.0 Å². The highest BCUT2D eigenvalue weighted by atomic mass is 32.2. The zero-order valence-electron chi connectivity index (χ0n) is 19.5. The van der Waals surface area contributed by atoms with Gasteiger partial charge in [-0.05, 0) is 55.8 Å². The third-order valence-electron chi connectivity index (χ3n) is 5.62. The number of carbonyl (C=O) groups is 1. The molecule has 0 saturated carbocycles. The highest BCUT2D eigenvalue weighted by Crippen LogP contribution is 2.27. The van der Waals surface area contributed by atoms with E-state index in [2.05, 4.69) is 0 Å². The van der Waals surface area contributed by atoms with E-state index >= 15 is 0 Å². The van der Waals surface area contributed by atoms with Crippen LogP contribution in [0.5, 0.6) is 5.75 Å². The molecule has 0 radical (unpaired) electrons. The van der Waals surface area contributed by atoms with Gasteiger partial charge in [-0.25, -0.2) is 4.98 Å². The van der Waals surface area contributed by atoms with Gasteiger partial charge in [0, 0.05) is 13.1 Å². The second-order valence-corrected chi connectivity index (χ2v) is 9.16. The Kier molecular flexibility index (Phi) is 7.33. The van der Waals surface area contributed by atoms with Crippen molar-refractivity contribution in [1.82, 2.24) is 14.5 Å². The lowest BCUT2D eigenvalue weighted by atomic mass is 10.2. The zero-order valence-corrected chi connectivity index (χ0v) is 20.3. The number of thioether (sulfide) groups is 1. The Balaban J connectivity index is 1.69. The first kappa shape index (κ1) is 23.6. The van der Waals surface area contributed by atoms with Crippen molar-refractivity contribution >= 4 is 28.6 Å². The van der Waals surface area contributed by atoms with Crippen molar-refractivity contribution in [3.05, 3.63) is 94.8 Å². The lowest BCUT2D eigenvalue weighted by Crippen LogP contribution is -2.36. The SMILES string of the molecule is CCN(Cc1ccccc1)C(=O)C(C)Sc1nc2ccccc2c(=O)n1-c1ccc(OC)cc1. The summed E-state index contributed by atoms with van der Waals surface area (Å²) in [5.74, 6) is 0.697. The summed E-state index contributed by atoms with van der Waals surface area (Å²) in [7, 11) is 1.60. The Labute approximate surface area is 203 Å². The number of aromatic nitrogens is 2. The Morgan fingerprint density at radius 2 is 1.71 bits per heavy atom. The van der Waals surface area contributed by atoms with Crippen LogP contribution in [0.25, 0.3) is 16.6 Å². The number of fused-ring (bicyclic) bond motifs is 1. The molecule has 7 heteroatoms. The molecular formula is C27H27N3O3S. The Bertz CT molecular complexity index is 1340. The van der Waals surface area contributed by atoms with Crippen molar-refractivity contribution in [3.63, 3.8) is 0 Å². The van der Waals surface area contributed by atoms with Crippen LogP contribution in [-0.4, -0.2) is 39.3 Å². The molecule has 1 atom stereocenters. The highest BCUT2D eigenvalue weighted by molar-refractivity contribution is 8.00. The van der Waals surface area contributed by atoms with Crippen LogP contribution in [0.2, 0.25) is 0 Å². The Morgan fingerprint density at radius 1 is 1.03 bits per heavy atom. The molecule has 0 bridgehead atoms. The molecule has 0 aliphatic rings. The second kappa shape index (κ2) is 10.6. The van der Waals surface area contributed by atoms with Crippen molar-refractivity contribution in [2.45, 2.75) is 30.8 Å². The number of nitrogens with zero attached hydrogens (tertiary/aromatic N) is 3. The van der Waals surface area contributed by atoms with Crippen molar-refractivity contribution in [2.75, 3.05) is 13.7 Å². The van der Waals surface area contributed by atoms with Crippen LogP contribution in [0.4, 0.5) is 0 Å². The predicted molar refractivity (Wildman–Crippen MR) is 137 cm³/mol. The Morgan fingerprint density at radius 3 is 2.38 bits per heavy atom. The third kappa shape index (κ3) is 4.99. The summed E-state index contributed by atoms with van der Waals surface area (Å²) in [5, 5.41) is 0.576. The molecule has 4 aromatic rings. The summed E-state index contributed by atoms with van der Waals surface area (Å²) < 4.78 is 6.83. The van der Waals surface area contributed by atoms with Gasteiger partial charge in [0.1, 0.15) is 5.75 Å².